The quantitative estimate of drug-likeness (QED) is 0.472. The van der Waals surface area contributed by atoms with Crippen molar-refractivity contribution in [3.63, 3.8) is 0 Å². The highest BCUT2D eigenvalue weighted by Crippen LogP contribution is 2.31. The van der Waals surface area contributed by atoms with Crippen LogP contribution < -0.4 is 10.9 Å². The van der Waals surface area contributed by atoms with Gasteiger partial charge < -0.3 is 10.3 Å². The molecule has 0 saturated heterocycles. The highest BCUT2D eigenvalue weighted by atomic mass is 127. The third-order valence-corrected chi connectivity index (χ3v) is 5.00. The lowest BCUT2D eigenvalue weighted by molar-refractivity contribution is 0.359. The fourth-order valence-corrected chi connectivity index (χ4v) is 2.95. The zero-order chi connectivity index (χ0) is 16.8. The number of H-pyrrole nitrogens is 1. The van der Waals surface area contributed by atoms with Gasteiger partial charge in [-0.15, -0.1) is 0 Å². The summed E-state index contributed by atoms with van der Waals surface area (Å²) in [6.07, 6.45) is 1.65. The Kier molecular flexibility index (Phi) is 4.08. The largest absolute Gasteiger partial charge is 0.367 e. The summed E-state index contributed by atoms with van der Waals surface area (Å²) < 4.78 is 1.10. The minimum absolute atomic E-state index is 0.0996. The van der Waals surface area contributed by atoms with E-state index in [-0.39, 0.29) is 17.0 Å². The van der Waals surface area contributed by atoms with Crippen molar-refractivity contribution in [3.8, 4) is 0 Å². The van der Waals surface area contributed by atoms with Gasteiger partial charge in [-0.3, -0.25) is 4.79 Å². The van der Waals surface area contributed by atoms with E-state index in [4.69, 9.17) is 4.98 Å². The number of nitrogens with one attached hydrogen (secondary N) is 2. The van der Waals surface area contributed by atoms with Gasteiger partial charge in [0.05, 0.1) is 10.9 Å². The summed E-state index contributed by atoms with van der Waals surface area (Å²) in [4.78, 5) is 19.7. The van der Waals surface area contributed by atoms with E-state index in [0.717, 1.165) is 20.2 Å². The minimum Gasteiger partial charge on any atom is -0.367 e. The topological polar surface area (TPSA) is 57.8 Å². The van der Waals surface area contributed by atoms with Gasteiger partial charge in [0.25, 0.3) is 5.56 Å². The van der Waals surface area contributed by atoms with Crippen LogP contribution in [0.3, 0.4) is 0 Å². The second-order valence-corrected chi connectivity index (χ2v) is 8.20. The fraction of sp³-hybridized carbons (Fsp3) is 0.333. The van der Waals surface area contributed by atoms with Crippen LogP contribution in [-0.2, 0) is 0 Å². The van der Waals surface area contributed by atoms with Crippen molar-refractivity contribution < 1.29 is 0 Å². The predicted molar refractivity (Wildman–Crippen MR) is 105 cm³/mol. The lowest BCUT2D eigenvalue weighted by Crippen LogP contribution is -2.31. The molecule has 3 aromatic rings. The Morgan fingerprint density at radius 2 is 1.96 bits per heavy atom. The average molecular weight is 421 g/mol. The van der Waals surface area contributed by atoms with E-state index in [1.807, 2.05) is 24.3 Å². The number of rotatable bonds is 2. The number of nitrogens with zero attached hydrogens (tertiary/aromatic N) is 1. The molecule has 0 fully saturated rings. The molecule has 0 bridgehead atoms. The summed E-state index contributed by atoms with van der Waals surface area (Å²) in [5, 5.41) is 6.09. The molecule has 0 amide bonds. The number of aromatic nitrogens is 2. The number of hydrogen-bond donors (Lipinski definition) is 2. The van der Waals surface area contributed by atoms with Gasteiger partial charge in [-0.2, -0.15) is 0 Å². The van der Waals surface area contributed by atoms with Crippen molar-refractivity contribution >= 4 is 50.1 Å². The first-order valence-electron chi connectivity index (χ1n) is 7.64. The molecule has 2 aromatic heterocycles. The summed E-state index contributed by atoms with van der Waals surface area (Å²) in [5.41, 5.74) is 0.727. The van der Waals surface area contributed by atoms with E-state index < -0.39 is 0 Å². The molecule has 0 saturated carbocycles. The van der Waals surface area contributed by atoms with Gasteiger partial charge >= 0.3 is 0 Å². The van der Waals surface area contributed by atoms with Crippen molar-refractivity contribution in [2.24, 2.45) is 5.41 Å². The van der Waals surface area contributed by atoms with Crippen LogP contribution in [0.25, 0.3) is 21.7 Å². The first-order chi connectivity index (χ1) is 10.8. The van der Waals surface area contributed by atoms with E-state index in [0.29, 0.717) is 10.9 Å². The molecule has 120 valence electrons. The normalized spacial score (nSPS) is 13.4. The summed E-state index contributed by atoms with van der Waals surface area (Å²) in [7, 11) is 0. The van der Waals surface area contributed by atoms with E-state index in [9.17, 15) is 4.79 Å². The second-order valence-electron chi connectivity index (χ2n) is 6.95. The molecule has 5 heteroatoms. The van der Waals surface area contributed by atoms with Crippen molar-refractivity contribution in [2.75, 3.05) is 5.32 Å². The van der Waals surface area contributed by atoms with Crippen molar-refractivity contribution in [1.82, 2.24) is 9.97 Å². The Balaban J connectivity index is 2.31. The Morgan fingerprint density at radius 3 is 2.65 bits per heavy atom. The van der Waals surface area contributed by atoms with Gasteiger partial charge in [0.2, 0.25) is 0 Å². The van der Waals surface area contributed by atoms with E-state index >= 15 is 0 Å². The molecule has 0 aliphatic heterocycles. The maximum Gasteiger partial charge on any atom is 0.258 e. The molecule has 1 atom stereocenters. The Hall–Kier alpha value is -1.63. The summed E-state index contributed by atoms with van der Waals surface area (Å²) in [5.74, 6) is 0.830. The molecule has 1 aromatic carbocycles. The summed E-state index contributed by atoms with van der Waals surface area (Å²) in [6.45, 7) is 8.74. The molecule has 0 spiro atoms. The third-order valence-electron chi connectivity index (χ3n) is 4.33. The standard InChI is InChI=1S/C18H20IN3O/c1-10(18(2,3)4)21-16-12-6-5-11(19)9-13(12)15-14(22-16)7-8-20-17(15)23/h5-10H,1-4H3,(H,20,23)(H,21,22). The van der Waals surface area contributed by atoms with Crippen LogP contribution in [0.1, 0.15) is 27.7 Å². The van der Waals surface area contributed by atoms with Gasteiger partial charge in [-0.05, 0) is 59.2 Å². The SMILES string of the molecule is CC(Nc1nc2cc[nH]c(=O)c2c2cc(I)ccc12)C(C)(C)C. The number of anilines is 1. The Bertz CT molecular complexity index is 941. The number of halogens is 1. The number of fused-ring (bicyclic) bond motifs is 3. The van der Waals surface area contributed by atoms with Crippen LogP contribution in [0.4, 0.5) is 5.82 Å². The second kappa shape index (κ2) is 5.78. The first-order valence-corrected chi connectivity index (χ1v) is 8.72. The lowest BCUT2D eigenvalue weighted by Gasteiger charge is -2.29. The van der Waals surface area contributed by atoms with E-state index in [2.05, 4.69) is 60.6 Å². The average Bonchev–Trinajstić information content (AvgIpc) is 2.45. The third kappa shape index (κ3) is 3.06. The first kappa shape index (κ1) is 16.2. The zero-order valence-corrected chi connectivity index (χ0v) is 15.9. The molecule has 0 aliphatic rings. The van der Waals surface area contributed by atoms with Gasteiger partial charge in [0.1, 0.15) is 5.82 Å². The molecule has 3 rings (SSSR count). The van der Waals surface area contributed by atoms with Gasteiger partial charge in [-0.25, -0.2) is 4.98 Å². The minimum atomic E-state index is -0.0996. The number of benzene rings is 1. The highest BCUT2D eigenvalue weighted by molar-refractivity contribution is 14.1. The van der Waals surface area contributed by atoms with Crippen molar-refractivity contribution in [2.45, 2.75) is 33.7 Å². The summed E-state index contributed by atoms with van der Waals surface area (Å²) >= 11 is 2.27. The number of aromatic amines is 1. The Labute approximate surface area is 148 Å². The maximum absolute atomic E-state index is 12.3. The van der Waals surface area contributed by atoms with Crippen LogP contribution >= 0.6 is 22.6 Å². The van der Waals surface area contributed by atoms with Crippen LogP contribution in [0.5, 0.6) is 0 Å². The van der Waals surface area contributed by atoms with Gasteiger partial charge in [-0.1, -0.05) is 20.8 Å². The highest BCUT2D eigenvalue weighted by Gasteiger charge is 2.21. The van der Waals surface area contributed by atoms with Crippen molar-refractivity contribution in [3.05, 3.63) is 44.4 Å². The molecule has 2 N–H and O–H groups in total. The van der Waals surface area contributed by atoms with Gasteiger partial charge in [0, 0.05) is 26.6 Å². The van der Waals surface area contributed by atoms with Crippen LogP contribution in [0.15, 0.2) is 35.3 Å². The van der Waals surface area contributed by atoms with E-state index in [1.165, 1.54) is 0 Å². The summed E-state index contributed by atoms with van der Waals surface area (Å²) in [6, 6.07) is 8.22. The number of pyridine rings is 2. The monoisotopic (exact) mass is 421 g/mol. The molecular weight excluding hydrogens is 401 g/mol. The zero-order valence-electron chi connectivity index (χ0n) is 13.7. The lowest BCUT2D eigenvalue weighted by atomic mass is 9.88. The molecule has 4 nitrogen and oxygen atoms in total. The van der Waals surface area contributed by atoms with Gasteiger partial charge in [0.15, 0.2) is 0 Å². The Morgan fingerprint density at radius 1 is 1.22 bits per heavy atom. The number of hydrogen-bond acceptors (Lipinski definition) is 3. The maximum atomic E-state index is 12.3. The molecule has 1 unspecified atom stereocenters. The van der Waals surface area contributed by atoms with Crippen LogP contribution in [-0.4, -0.2) is 16.0 Å². The smallest absolute Gasteiger partial charge is 0.258 e. The molecule has 0 aliphatic carbocycles. The molecule has 2 heterocycles. The molecular formula is C18H20IN3O. The van der Waals surface area contributed by atoms with Crippen molar-refractivity contribution in [1.29, 1.82) is 0 Å². The molecule has 23 heavy (non-hydrogen) atoms. The predicted octanol–water partition coefficient (Wildman–Crippen LogP) is 4.53. The van der Waals surface area contributed by atoms with E-state index in [1.54, 1.807) is 6.20 Å². The fourth-order valence-electron chi connectivity index (χ4n) is 2.46. The van der Waals surface area contributed by atoms with Crippen LogP contribution in [0, 0.1) is 8.99 Å². The van der Waals surface area contributed by atoms with Crippen LogP contribution in [0.2, 0.25) is 0 Å². The molecule has 0 radical (unpaired) electrons.